The number of rotatable bonds is 7. The lowest BCUT2D eigenvalue weighted by Crippen LogP contribution is -2.36. The van der Waals surface area contributed by atoms with Gasteiger partial charge in [0.25, 0.3) is 0 Å². The van der Waals surface area contributed by atoms with E-state index in [1.807, 2.05) is 0 Å². The summed E-state index contributed by atoms with van der Waals surface area (Å²) in [5.41, 5.74) is 3.21. The zero-order valence-corrected chi connectivity index (χ0v) is 14.1. The van der Waals surface area contributed by atoms with E-state index >= 15 is 0 Å². The molecule has 3 rings (SSSR count). The highest BCUT2D eigenvalue weighted by atomic mass is 32.2. The minimum atomic E-state index is 0.733. The van der Waals surface area contributed by atoms with Crippen molar-refractivity contribution in [1.29, 1.82) is 0 Å². The number of nitrogens with one attached hydrogen (secondary N) is 1. The van der Waals surface area contributed by atoms with Crippen LogP contribution in [0.4, 0.5) is 0 Å². The van der Waals surface area contributed by atoms with Gasteiger partial charge in [0, 0.05) is 6.04 Å². The van der Waals surface area contributed by atoms with Crippen LogP contribution < -0.4 is 5.32 Å². The highest BCUT2D eigenvalue weighted by molar-refractivity contribution is 7.99. The van der Waals surface area contributed by atoms with Gasteiger partial charge < -0.3 is 5.32 Å². The Balaban J connectivity index is 1.55. The zero-order valence-electron chi connectivity index (χ0n) is 13.3. The van der Waals surface area contributed by atoms with Crippen LogP contribution in [0.15, 0.2) is 24.3 Å². The average Bonchev–Trinajstić information content (AvgIpc) is 2.51. The molecule has 2 unspecified atom stereocenters. The first-order valence-corrected chi connectivity index (χ1v) is 9.91. The first-order valence-electron chi connectivity index (χ1n) is 8.75. The monoisotopic (exact) mass is 303 g/mol. The molecule has 1 aliphatic carbocycles. The molecule has 2 aliphatic rings. The van der Waals surface area contributed by atoms with Gasteiger partial charge in [-0.3, -0.25) is 0 Å². The van der Waals surface area contributed by atoms with Crippen LogP contribution in [0.5, 0.6) is 0 Å². The predicted octanol–water partition coefficient (Wildman–Crippen LogP) is 4.62. The fourth-order valence-corrected chi connectivity index (χ4v) is 5.12. The summed E-state index contributed by atoms with van der Waals surface area (Å²) >= 11 is 2.14. The van der Waals surface area contributed by atoms with Crippen molar-refractivity contribution in [3.05, 3.63) is 35.4 Å². The summed E-state index contributed by atoms with van der Waals surface area (Å²) in [4.78, 5) is 0. The maximum atomic E-state index is 3.84. The minimum Gasteiger partial charge on any atom is -0.314 e. The molecule has 1 aromatic rings. The molecule has 0 saturated carbocycles. The topological polar surface area (TPSA) is 12.0 Å². The molecule has 2 heteroatoms. The van der Waals surface area contributed by atoms with Crippen molar-refractivity contribution in [2.45, 2.75) is 57.4 Å². The van der Waals surface area contributed by atoms with E-state index in [9.17, 15) is 0 Å². The van der Waals surface area contributed by atoms with Gasteiger partial charge in [-0.15, -0.1) is 0 Å². The summed E-state index contributed by atoms with van der Waals surface area (Å²) in [7, 11) is 0. The van der Waals surface area contributed by atoms with Crippen LogP contribution in [-0.4, -0.2) is 24.1 Å². The number of thioether (sulfide) groups is 1. The first kappa shape index (κ1) is 15.4. The summed E-state index contributed by atoms with van der Waals surface area (Å²) in [5, 5.41) is 3.84. The summed E-state index contributed by atoms with van der Waals surface area (Å²) in [6.45, 7) is 3.46. The fraction of sp³-hybridized carbons (Fsp3) is 0.684. The van der Waals surface area contributed by atoms with Gasteiger partial charge in [0.05, 0.1) is 0 Å². The summed E-state index contributed by atoms with van der Waals surface area (Å²) in [6.07, 6.45) is 8.19. The van der Waals surface area contributed by atoms with Gasteiger partial charge >= 0.3 is 0 Å². The van der Waals surface area contributed by atoms with Crippen molar-refractivity contribution in [3.8, 4) is 0 Å². The van der Waals surface area contributed by atoms with Gasteiger partial charge in [-0.05, 0) is 79.5 Å². The van der Waals surface area contributed by atoms with E-state index in [-0.39, 0.29) is 0 Å². The lowest BCUT2D eigenvalue weighted by Gasteiger charge is -2.35. The number of fused-ring (bicyclic) bond motifs is 1. The highest BCUT2D eigenvalue weighted by Gasteiger charge is 2.29. The maximum Gasteiger partial charge on any atom is 0.00756 e. The molecule has 0 radical (unpaired) electrons. The number of hydrogen-bond donors (Lipinski definition) is 1. The lowest BCUT2D eigenvalue weighted by molar-refractivity contribution is 0.327. The standard InChI is InChI=1S/C19H29NS/c1-2-9-20-18(12-15-7-10-21-11-8-15)14-17-13-16-5-3-4-6-19(16)17/h3-6,15,17-18,20H,2,7-14H2,1H3. The number of hydrogen-bond acceptors (Lipinski definition) is 2. The Morgan fingerprint density at radius 3 is 2.76 bits per heavy atom. The van der Waals surface area contributed by atoms with Gasteiger partial charge in [0.2, 0.25) is 0 Å². The predicted molar refractivity (Wildman–Crippen MR) is 94.3 cm³/mol. The van der Waals surface area contributed by atoms with Gasteiger partial charge in [-0.2, -0.15) is 11.8 Å². The van der Waals surface area contributed by atoms with E-state index in [1.54, 1.807) is 11.1 Å². The molecule has 1 aliphatic heterocycles. The van der Waals surface area contributed by atoms with Gasteiger partial charge in [0.1, 0.15) is 0 Å². The molecule has 1 heterocycles. The molecule has 0 amide bonds. The Morgan fingerprint density at radius 1 is 1.19 bits per heavy atom. The third-order valence-electron chi connectivity index (χ3n) is 5.17. The summed E-state index contributed by atoms with van der Waals surface area (Å²) < 4.78 is 0. The van der Waals surface area contributed by atoms with Crippen LogP contribution in [0.3, 0.4) is 0 Å². The minimum absolute atomic E-state index is 0.733. The molecule has 1 saturated heterocycles. The Hall–Kier alpha value is -0.470. The van der Waals surface area contributed by atoms with E-state index in [1.165, 1.54) is 56.6 Å². The van der Waals surface area contributed by atoms with E-state index in [4.69, 9.17) is 0 Å². The summed E-state index contributed by atoms with van der Waals surface area (Å²) in [6, 6.07) is 9.77. The molecule has 1 N–H and O–H groups in total. The van der Waals surface area contributed by atoms with Crippen LogP contribution >= 0.6 is 11.8 Å². The molecule has 2 atom stereocenters. The van der Waals surface area contributed by atoms with Crippen molar-refractivity contribution in [1.82, 2.24) is 5.32 Å². The molecule has 1 aromatic carbocycles. The highest BCUT2D eigenvalue weighted by Crippen LogP contribution is 2.39. The van der Waals surface area contributed by atoms with Crippen molar-refractivity contribution < 1.29 is 0 Å². The third-order valence-corrected chi connectivity index (χ3v) is 6.22. The lowest BCUT2D eigenvalue weighted by atomic mass is 9.73. The molecular formula is C19H29NS. The van der Waals surface area contributed by atoms with Crippen LogP contribution in [0.2, 0.25) is 0 Å². The van der Waals surface area contributed by atoms with Crippen LogP contribution in [0.25, 0.3) is 0 Å². The third kappa shape index (κ3) is 4.04. The Labute approximate surface area is 134 Å². The Morgan fingerprint density at radius 2 is 2.00 bits per heavy atom. The molecular weight excluding hydrogens is 274 g/mol. The molecule has 0 aromatic heterocycles. The van der Waals surface area contributed by atoms with Crippen molar-refractivity contribution in [2.75, 3.05) is 18.1 Å². The van der Waals surface area contributed by atoms with E-state index < -0.39 is 0 Å². The first-order chi connectivity index (χ1) is 10.4. The normalized spacial score (nSPS) is 23.4. The molecule has 0 bridgehead atoms. The van der Waals surface area contributed by atoms with E-state index in [2.05, 4.69) is 48.3 Å². The Kier molecular flexibility index (Phi) is 5.65. The van der Waals surface area contributed by atoms with Gasteiger partial charge in [0.15, 0.2) is 0 Å². The van der Waals surface area contributed by atoms with Crippen LogP contribution in [0, 0.1) is 5.92 Å². The second-order valence-electron chi connectivity index (χ2n) is 6.78. The molecule has 1 nitrogen and oxygen atoms in total. The van der Waals surface area contributed by atoms with Gasteiger partial charge in [-0.1, -0.05) is 31.2 Å². The second kappa shape index (κ2) is 7.69. The number of benzene rings is 1. The van der Waals surface area contributed by atoms with Crippen molar-refractivity contribution >= 4 is 11.8 Å². The molecule has 1 fully saturated rings. The fourth-order valence-electron chi connectivity index (χ4n) is 3.91. The zero-order chi connectivity index (χ0) is 14.5. The average molecular weight is 304 g/mol. The van der Waals surface area contributed by atoms with Crippen molar-refractivity contribution in [2.24, 2.45) is 5.92 Å². The maximum absolute atomic E-state index is 3.84. The van der Waals surface area contributed by atoms with Crippen molar-refractivity contribution in [3.63, 3.8) is 0 Å². The quantitative estimate of drug-likeness (QED) is 0.789. The van der Waals surface area contributed by atoms with Crippen LogP contribution in [0.1, 0.15) is 56.1 Å². The summed E-state index contributed by atoms with van der Waals surface area (Å²) in [5.74, 6) is 4.55. The van der Waals surface area contributed by atoms with E-state index in [0.29, 0.717) is 0 Å². The largest absolute Gasteiger partial charge is 0.314 e. The second-order valence-corrected chi connectivity index (χ2v) is 8.00. The van der Waals surface area contributed by atoms with E-state index in [0.717, 1.165) is 17.9 Å². The van der Waals surface area contributed by atoms with Crippen LogP contribution in [-0.2, 0) is 6.42 Å². The molecule has 116 valence electrons. The SMILES string of the molecule is CCCNC(CC1CCSCC1)CC1Cc2ccccc21. The van der Waals surface area contributed by atoms with Gasteiger partial charge in [-0.25, -0.2) is 0 Å². The smallest absolute Gasteiger partial charge is 0.00756 e. The molecule has 21 heavy (non-hydrogen) atoms. The molecule has 0 spiro atoms. The Bertz CT molecular complexity index is 439.